The van der Waals surface area contributed by atoms with Crippen LogP contribution in [0.4, 0.5) is 0 Å². The number of methoxy groups -OCH3 is 2. The van der Waals surface area contributed by atoms with Gasteiger partial charge in [0.1, 0.15) is 0 Å². The third kappa shape index (κ3) is 6.23. The summed E-state index contributed by atoms with van der Waals surface area (Å²) >= 11 is 0. The molecule has 1 heterocycles. The minimum atomic E-state index is 0.536. The highest BCUT2D eigenvalue weighted by molar-refractivity contribution is 5.79. The van der Waals surface area contributed by atoms with Gasteiger partial charge >= 0.3 is 0 Å². The fraction of sp³-hybridized carbons (Fsp3) is 0.375. The SMILES string of the molecule is CCNC(=NCc1ccc(OC)c(OC)c1)NCCc1ccc(-c2nc(CC)no2)cc1. The van der Waals surface area contributed by atoms with E-state index < -0.39 is 0 Å². The fourth-order valence-corrected chi connectivity index (χ4v) is 3.15. The van der Waals surface area contributed by atoms with E-state index in [4.69, 9.17) is 14.0 Å². The summed E-state index contributed by atoms with van der Waals surface area (Å²) in [6, 6.07) is 14.0. The molecular weight excluding hydrogens is 406 g/mol. The van der Waals surface area contributed by atoms with Gasteiger partial charge in [-0.25, -0.2) is 4.99 Å². The van der Waals surface area contributed by atoms with E-state index in [0.29, 0.717) is 23.9 Å². The molecular formula is C24H31N5O3. The standard InChI is InChI=1S/C24H31N5O3/c1-5-22-28-23(32-29-22)19-10-7-17(8-11-19)13-14-26-24(25-6-2)27-16-18-9-12-20(30-3)21(15-18)31-4/h7-12,15H,5-6,13-14,16H2,1-4H3,(H2,25,26,27). The number of guanidine groups is 1. The average molecular weight is 438 g/mol. The molecule has 0 radical (unpaired) electrons. The van der Waals surface area contributed by atoms with E-state index in [1.807, 2.05) is 44.2 Å². The lowest BCUT2D eigenvalue weighted by atomic mass is 10.1. The second kappa shape index (κ2) is 11.7. The third-order valence-electron chi connectivity index (χ3n) is 4.90. The van der Waals surface area contributed by atoms with E-state index in [0.717, 1.165) is 48.8 Å². The van der Waals surface area contributed by atoms with Gasteiger partial charge in [0.2, 0.25) is 0 Å². The van der Waals surface area contributed by atoms with Crippen LogP contribution in [0.1, 0.15) is 30.8 Å². The smallest absolute Gasteiger partial charge is 0.257 e. The Morgan fingerprint density at radius 2 is 1.72 bits per heavy atom. The van der Waals surface area contributed by atoms with Crippen LogP contribution in [0.25, 0.3) is 11.5 Å². The number of ether oxygens (including phenoxy) is 2. The van der Waals surface area contributed by atoms with Gasteiger partial charge in [0.25, 0.3) is 5.89 Å². The van der Waals surface area contributed by atoms with Crippen molar-refractivity contribution in [2.24, 2.45) is 4.99 Å². The van der Waals surface area contributed by atoms with Crippen LogP contribution in [0.3, 0.4) is 0 Å². The number of hydrogen-bond donors (Lipinski definition) is 2. The van der Waals surface area contributed by atoms with Crippen molar-refractivity contribution in [3.63, 3.8) is 0 Å². The van der Waals surface area contributed by atoms with Crippen LogP contribution < -0.4 is 20.1 Å². The maximum atomic E-state index is 5.37. The molecule has 2 aromatic carbocycles. The summed E-state index contributed by atoms with van der Waals surface area (Å²) in [5.74, 6) is 3.46. The molecule has 1 aromatic heterocycles. The van der Waals surface area contributed by atoms with E-state index in [2.05, 4.69) is 37.9 Å². The van der Waals surface area contributed by atoms with Crippen LogP contribution in [-0.2, 0) is 19.4 Å². The summed E-state index contributed by atoms with van der Waals surface area (Å²) in [6.45, 7) is 6.14. The van der Waals surface area contributed by atoms with Crippen molar-refractivity contribution >= 4 is 5.96 Å². The molecule has 170 valence electrons. The molecule has 2 N–H and O–H groups in total. The van der Waals surface area contributed by atoms with Crippen molar-refractivity contribution in [1.82, 2.24) is 20.8 Å². The Morgan fingerprint density at radius 3 is 2.38 bits per heavy atom. The Hall–Kier alpha value is -3.55. The lowest BCUT2D eigenvalue weighted by Gasteiger charge is -2.12. The topological polar surface area (TPSA) is 93.8 Å². The van der Waals surface area contributed by atoms with E-state index in [1.54, 1.807) is 14.2 Å². The van der Waals surface area contributed by atoms with Gasteiger partial charge in [-0.3, -0.25) is 0 Å². The normalized spacial score (nSPS) is 11.3. The van der Waals surface area contributed by atoms with Crippen LogP contribution in [0.2, 0.25) is 0 Å². The molecule has 0 fully saturated rings. The van der Waals surface area contributed by atoms with Crippen molar-refractivity contribution in [3.05, 3.63) is 59.4 Å². The molecule has 0 aliphatic heterocycles. The molecule has 0 bridgehead atoms. The monoisotopic (exact) mass is 437 g/mol. The first-order chi connectivity index (χ1) is 15.7. The molecule has 3 aromatic rings. The Morgan fingerprint density at radius 1 is 0.969 bits per heavy atom. The maximum absolute atomic E-state index is 5.37. The van der Waals surface area contributed by atoms with Crippen molar-refractivity contribution < 1.29 is 14.0 Å². The van der Waals surface area contributed by atoms with Gasteiger partial charge < -0.3 is 24.6 Å². The zero-order valence-electron chi connectivity index (χ0n) is 19.1. The van der Waals surface area contributed by atoms with Gasteiger partial charge in [-0.1, -0.05) is 30.3 Å². The number of rotatable bonds is 10. The van der Waals surface area contributed by atoms with Gasteiger partial charge in [-0.15, -0.1) is 0 Å². The lowest BCUT2D eigenvalue weighted by Crippen LogP contribution is -2.38. The first-order valence-electron chi connectivity index (χ1n) is 10.8. The minimum Gasteiger partial charge on any atom is -0.493 e. The molecule has 3 rings (SSSR count). The van der Waals surface area contributed by atoms with E-state index in [1.165, 1.54) is 5.56 Å². The summed E-state index contributed by atoms with van der Waals surface area (Å²) in [5, 5.41) is 10.6. The largest absolute Gasteiger partial charge is 0.493 e. The number of aromatic nitrogens is 2. The number of aryl methyl sites for hydroxylation is 1. The Kier molecular flexibility index (Phi) is 8.48. The summed E-state index contributed by atoms with van der Waals surface area (Å²) in [4.78, 5) is 9.05. The predicted molar refractivity (Wildman–Crippen MR) is 125 cm³/mol. The highest BCUT2D eigenvalue weighted by atomic mass is 16.5. The second-order valence-corrected chi connectivity index (χ2v) is 7.13. The van der Waals surface area contributed by atoms with Crippen molar-refractivity contribution in [2.45, 2.75) is 33.2 Å². The highest BCUT2D eigenvalue weighted by Gasteiger charge is 2.08. The lowest BCUT2D eigenvalue weighted by molar-refractivity contribution is 0.354. The Labute approximate surface area is 189 Å². The number of hydrogen-bond acceptors (Lipinski definition) is 6. The highest BCUT2D eigenvalue weighted by Crippen LogP contribution is 2.27. The van der Waals surface area contributed by atoms with Crippen LogP contribution in [-0.4, -0.2) is 43.4 Å². The molecule has 0 spiro atoms. The van der Waals surface area contributed by atoms with Gasteiger partial charge in [0, 0.05) is 25.1 Å². The summed E-state index contributed by atoms with van der Waals surface area (Å²) in [6.07, 6.45) is 1.63. The quantitative estimate of drug-likeness (QED) is 0.370. The van der Waals surface area contributed by atoms with E-state index in [9.17, 15) is 0 Å². The van der Waals surface area contributed by atoms with Gasteiger partial charge in [0.05, 0.1) is 20.8 Å². The average Bonchev–Trinajstić information content (AvgIpc) is 3.32. The zero-order valence-corrected chi connectivity index (χ0v) is 19.1. The predicted octanol–water partition coefficient (Wildman–Crippen LogP) is 3.61. The Balaban J connectivity index is 1.55. The summed E-state index contributed by atoms with van der Waals surface area (Å²) in [5.41, 5.74) is 3.19. The Bertz CT molecular complexity index is 1010. The van der Waals surface area contributed by atoms with Gasteiger partial charge in [0.15, 0.2) is 23.3 Å². The molecule has 0 aliphatic carbocycles. The van der Waals surface area contributed by atoms with Crippen molar-refractivity contribution in [1.29, 1.82) is 0 Å². The molecule has 32 heavy (non-hydrogen) atoms. The van der Waals surface area contributed by atoms with E-state index in [-0.39, 0.29) is 0 Å². The zero-order chi connectivity index (χ0) is 22.8. The molecule has 0 saturated heterocycles. The van der Waals surface area contributed by atoms with Crippen molar-refractivity contribution in [2.75, 3.05) is 27.3 Å². The molecule has 8 nitrogen and oxygen atoms in total. The number of benzene rings is 2. The van der Waals surface area contributed by atoms with Crippen LogP contribution in [0, 0.1) is 0 Å². The third-order valence-corrected chi connectivity index (χ3v) is 4.90. The fourth-order valence-electron chi connectivity index (χ4n) is 3.15. The molecule has 0 saturated carbocycles. The first kappa shape index (κ1) is 23.1. The molecule has 0 amide bonds. The van der Waals surface area contributed by atoms with E-state index >= 15 is 0 Å². The number of nitrogens with zero attached hydrogens (tertiary/aromatic N) is 3. The number of aliphatic imine (C=N–C) groups is 1. The molecule has 0 aliphatic rings. The molecule has 0 unspecified atom stereocenters. The van der Waals surface area contributed by atoms with Crippen LogP contribution >= 0.6 is 0 Å². The van der Waals surface area contributed by atoms with Crippen LogP contribution in [0.15, 0.2) is 52.0 Å². The van der Waals surface area contributed by atoms with Gasteiger partial charge in [-0.05, 0) is 48.7 Å². The maximum Gasteiger partial charge on any atom is 0.257 e. The molecule has 8 heteroatoms. The minimum absolute atomic E-state index is 0.536. The van der Waals surface area contributed by atoms with Crippen LogP contribution in [0.5, 0.6) is 11.5 Å². The second-order valence-electron chi connectivity index (χ2n) is 7.13. The first-order valence-corrected chi connectivity index (χ1v) is 10.8. The molecule has 0 atom stereocenters. The summed E-state index contributed by atoms with van der Waals surface area (Å²) < 4.78 is 16.0. The van der Waals surface area contributed by atoms with Crippen molar-refractivity contribution in [3.8, 4) is 23.0 Å². The van der Waals surface area contributed by atoms with Gasteiger partial charge in [-0.2, -0.15) is 4.98 Å². The summed E-state index contributed by atoms with van der Waals surface area (Å²) in [7, 11) is 3.26. The number of nitrogens with one attached hydrogen (secondary N) is 2.